The van der Waals surface area contributed by atoms with Gasteiger partial charge in [-0.3, -0.25) is 9.59 Å². The molecule has 0 atom stereocenters. The zero-order valence-electron chi connectivity index (χ0n) is 19.1. The van der Waals surface area contributed by atoms with Gasteiger partial charge in [-0.1, -0.05) is 0 Å². The van der Waals surface area contributed by atoms with Crippen LogP contribution in [0.5, 0.6) is 0 Å². The van der Waals surface area contributed by atoms with Crippen LogP contribution in [0.25, 0.3) is 11.8 Å². The molecule has 0 aliphatic heterocycles. The Kier molecular flexibility index (Phi) is 5.76. The van der Waals surface area contributed by atoms with E-state index in [0.717, 1.165) is 5.56 Å². The van der Waals surface area contributed by atoms with Gasteiger partial charge in [0.05, 0.1) is 29.9 Å². The zero-order valence-corrected chi connectivity index (χ0v) is 19.1. The number of aromatic nitrogens is 1. The molecule has 0 spiro atoms. The van der Waals surface area contributed by atoms with Crippen LogP contribution in [0.15, 0.2) is 33.4 Å². The van der Waals surface area contributed by atoms with Gasteiger partial charge in [-0.05, 0) is 39.3 Å². The second-order valence-corrected chi connectivity index (χ2v) is 7.59. The Balaban J connectivity index is 1.89. The highest BCUT2D eigenvalue weighted by molar-refractivity contribution is 6.30. The fourth-order valence-electron chi connectivity index (χ4n) is 3.92. The number of fused-ring (bicyclic) bond motifs is 2. The van der Waals surface area contributed by atoms with Crippen molar-refractivity contribution in [2.24, 2.45) is 7.05 Å². The molecule has 8 heteroatoms. The lowest BCUT2D eigenvalue weighted by Crippen LogP contribution is -2.25. The molecule has 0 bridgehead atoms. The third-order valence-electron chi connectivity index (χ3n) is 5.36. The number of hydrogen-bond donors (Lipinski definition) is 0. The van der Waals surface area contributed by atoms with Gasteiger partial charge in [0.1, 0.15) is 29.9 Å². The Morgan fingerprint density at radius 2 is 1.42 bits per heavy atom. The van der Waals surface area contributed by atoms with Gasteiger partial charge in [-0.25, -0.2) is 9.36 Å². The van der Waals surface area contributed by atoms with Gasteiger partial charge in [0.2, 0.25) is 11.6 Å². The van der Waals surface area contributed by atoms with Crippen molar-refractivity contribution in [2.75, 3.05) is 13.2 Å². The van der Waals surface area contributed by atoms with Crippen LogP contribution in [0.2, 0.25) is 0 Å². The van der Waals surface area contributed by atoms with Crippen molar-refractivity contribution in [3.05, 3.63) is 75.4 Å². The van der Waals surface area contributed by atoms with Crippen LogP contribution in [0, 0.1) is 13.8 Å². The number of ketones is 2. The second-order valence-electron chi connectivity index (χ2n) is 7.59. The number of furan rings is 2. The second kappa shape index (κ2) is 8.54. The number of nitrogens with zero attached hydrogens (tertiary/aromatic N) is 1. The van der Waals surface area contributed by atoms with Crippen molar-refractivity contribution in [2.45, 2.75) is 27.7 Å². The summed E-state index contributed by atoms with van der Waals surface area (Å²) in [5.41, 5.74) is 1.12. The van der Waals surface area contributed by atoms with Crippen molar-refractivity contribution in [3.63, 3.8) is 0 Å². The Morgan fingerprint density at radius 1 is 0.909 bits per heavy atom. The molecule has 0 amide bonds. The van der Waals surface area contributed by atoms with E-state index in [0.29, 0.717) is 23.7 Å². The number of pyridine rings is 1. The molecular weight excluding hydrogens is 426 g/mol. The first-order chi connectivity index (χ1) is 15.8. The van der Waals surface area contributed by atoms with E-state index < -0.39 is 17.5 Å². The van der Waals surface area contributed by atoms with Crippen LogP contribution in [0.3, 0.4) is 0 Å². The van der Waals surface area contributed by atoms with E-state index in [1.165, 1.54) is 6.92 Å². The lowest BCUT2D eigenvalue weighted by molar-refractivity contribution is -0.671. The normalized spacial score (nSPS) is 13.1. The quantitative estimate of drug-likeness (QED) is 0.250. The SMILES string of the molecule is CCOC(=O)c1c(C)oc2c1C(=O)c1oc(C)c(/C(=C/c3cc[n+](C)cc3)OCC)c1C2=O. The molecule has 0 N–H and O–H groups in total. The monoisotopic (exact) mass is 450 g/mol. The number of rotatable bonds is 6. The summed E-state index contributed by atoms with van der Waals surface area (Å²) < 4.78 is 24.2. The molecule has 0 aromatic carbocycles. The first kappa shape index (κ1) is 22.3. The molecule has 0 fully saturated rings. The summed E-state index contributed by atoms with van der Waals surface area (Å²) >= 11 is 0. The summed E-state index contributed by atoms with van der Waals surface area (Å²) in [6.45, 7) is 7.11. The maximum Gasteiger partial charge on any atom is 0.342 e. The van der Waals surface area contributed by atoms with E-state index in [2.05, 4.69) is 0 Å². The maximum atomic E-state index is 13.5. The predicted molar refractivity (Wildman–Crippen MR) is 117 cm³/mol. The lowest BCUT2D eigenvalue weighted by atomic mass is 9.88. The average molecular weight is 450 g/mol. The fraction of sp³-hybridized carbons (Fsp3) is 0.280. The number of carbonyl (C=O) groups excluding carboxylic acids is 3. The summed E-state index contributed by atoms with van der Waals surface area (Å²) in [7, 11) is 1.91. The third kappa shape index (κ3) is 3.67. The third-order valence-corrected chi connectivity index (χ3v) is 5.36. The largest absolute Gasteiger partial charge is 0.493 e. The fourth-order valence-corrected chi connectivity index (χ4v) is 3.92. The minimum Gasteiger partial charge on any atom is -0.493 e. The smallest absolute Gasteiger partial charge is 0.342 e. The van der Waals surface area contributed by atoms with Gasteiger partial charge >= 0.3 is 5.97 Å². The number of hydrogen-bond acceptors (Lipinski definition) is 7. The Bertz CT molecular complexity index is 1310. The topological polar surface area (TPSA) is 99.8 Å². The molecule has 1 aliphatic carbocycles. The van der Waals surface area contributed by atoms with E-state index >= 15 is 0 Å². The van der Waals surface area contributed by atoms with Gasteiger partial charge in [-0.2, -0.15) is 0 Å². The first-order valence-electron chi connectivity index (χ1n) is 10.6. The summed E-state index contributed by atoms with van der Waals surface area (Å²) in [5, 5.41) is 0. The highest BCUT2D eigenvalue weighted by Crippen LogP contribution is 2.40. The van der Waals surface area contributed by atoms with Gasteiger partial charge in [0.25, 0.3) is 0 Å². The summed E-state index contributed by atoms with van der Waals surface area (Å²) in [5.74, 6) is -1.32. The standard InChI is InChI=1S/C25H24NO7/c1-6-30-16(12-15-8-10-26(5)11-9-15)17-13(3)32-23-19(17)21(27)24-20(22(23)28)18(14(4)33-24)25(29)31-7-2/h8-12H,6-7H2,1-5H3/q+1/b16-12-. The Hall–Kier alpha value is -3.94. The number of aryl methyl sites for hydroxylation is 3. The molecule has 3 aromatic heterocycles. The van der Waals surface area contributed by atoms with Gasteiger partial charge < -0.3 is 18.3 Å². The van der Waals surface area contributed by atoms with Gasteiger partial charge in [0.15, 0.2) is 23.9 Å². The summed E-state index contributed by atoms with van der Waals surface area (Å²) in [4.78, 5) is 39.3. The predicted octanol–water partition coefficient (Wildman–Crippen LogP) is 3.80. The number of ether oxygens (including phenoxy) is 2. The van der Waals surface area contributed by atoms with Gasteiger partial charge in [-0.15, -0.1) is 0 Å². The molecule has 8 nitrogen and oxygen atoms in total. The van der Waals surface area contributed by atoms with Crippen LogP contribution < -0.4 is 4.57 Å². The van der Waals surface area contributed by atoms with Crippen LogP contribution in [-0.2, 0) is 16.5 Å². The molecule has 0 radical (unpaired) electrons. The van der Waals surface area contributed by atoms with Crippen molar-refractivity contribution < 1.29 is 37.3 Å². The van der Waals surface area contributed by atoms with E-state index in [1.54, 1.807) is 19.9 Å². The van der Waals surface area contributed by atoms with Crippen LogP contribution in [-0.4, -0.2) is 30.7 Å². The average Bonchev–Trinajstić information content (AvgIpc) is 3.31. The Morgan fingerprint density at radius 3 is 1.97 bits per heavy atom. The van der Waals surface area contributed by atoms with Crippen LogP contribution in [0.1, 0.15) is 79.1 Å². The van der Waals surface area contributed by atoms with Crippen molar-refractivity contribution in [1.82, 2.24) is 0 Å². The van der Waals surface area contributed by atoms with Crippen molar-refractivity contribution >= 4 is 29.4 Å². The Labute approximate surface area is 190 Å². The maximum absolute atomic E-state index is 13.5. The molecule has 3 heterocycles. The zero-order chi connectivity index (χ0) is 23.9. The van der Waals surface area contributed by atoms with Crippen LogP contribution >= 0.6 is 0 Å². The number of esters is 1. The summed E-state index contributed by atoms with van der Waals surface area (Å²) in [6.07, 6.45) is 5.56. The molecule has 0 saturated heterocycles. The lowest BCUT2D eigenvalue weighted by Gasteiger charge is -2.13. The summed E-state index contributed by atoms with van der Waals surface area (Å²) in [6, 6.07) is 3.79. The highest BCUT2D eigenvalue weighted by atomic mass is 16.5. The molecule has 4 rings (SSSR count). The number of carbonyl (C=O) groups is 3. The van der Waals surface area contributed by atoms with E-state index in [4.69, 9.17) is 18.3 Å². The molecule has 33 heavy (non-hydrogen) atoms. The molecule has 0 unspecified atom stereocenters. The van der Waals surface area contributed by atoms with Crippen molar-refractivity contribution in [1.29, 1.82) is 0 Å². The van der Waals surface area contributed by atoms with Crippen molar-refractivity contribution in [3.8, 4) is 0 Å². The minimum absolute atomic E-state index is 0.0517. The van der Waals surface area contributed by atoms with Crippen LogP contribution in [0.4, 0.5) is 0 Å². The molecule has 0 saturated carbocycles. The molecular formula is C25H24NO7+. The van der Waals surface area contributed by atoms with Gasteiger partial charge in [0, 0.05) is 12.1 Å². The molecule has 1 aliphatic rings. The minimum atomic E-state index is -0.722. The molecule has 170 valence electrons. The highest BCUT2D eigenvalue weighted by Gasteiger charge is 2.44. The van der Waals surface area contributed by atoms with E-state index in [-0.39, 0.29) is 40.6 Å². The van der Waals surface area contributed by atoms with E-state index in [9.17, 15) is 14.4 Å². The van der Waals surface area contributed by atoms with E-state index in [1.807, 2.05) is 43.1 Å². The molecule has 3 aromatic rings. The first-order valence-corrected chi connectivity index (χ1v) is 10.6.